The maximum atomic E-state index is 14.2. The third kappa shape index (κ3) is 5.51. The van der Waals surface area contributed by atoms with Crippen LogP contribution < -0.4 is 14.5 Å². The minimum atomic E-state index is -1.03. The van der Waals surface area contributed by atoms with Crippen molar-refractivity contribution in [2.45, 2.75) is 44.3 Å². The standard InChI is InChI=1S/C30H33F2N7O2S/c1-19(31)29(40)39-14-13-38(16-21(39)8-10-33)28-23-9-12-37(25-7-3-5-20-15-26(32)42-27(20)25)17-24(23)34-30(35-28)41-18-22-6-4-11-36(22)2/h3,5,7,15,21-22H,1,4,6,8-9,11-14,16-18H2,2H3/t21-,22-/m0/s1. The lowest BCUT2D eigenvalue weighted by atomic mass is 10.0. The zero-order valence-electron chi connectivity index (χ0n) is 23.6. The van der Waals surface area contributed by atoms with E-state index in [0.29, 0.717) is 51.3 Å². The van der Waals surface area contributed by atoms with Gasteiger partial charge >= 0.3 is 6.01 Å². The van der Waals surface area contributed by atoms with E-state index in [1.165, 1.54) is 4.90 Å². The molecule has 9 nitrogen and oxygen atoms in total. The quantitative estimate of drug-likeness (QED) is 0.375. The summed E-state index contributed by atoms with van der Waals surface area (Å²) in [6.45, 7) is 6.86. The Morgan fingerprint density at radius 2 is 2.07 bits per heavy atom. The Balaban J connectivity index is 1.32. The van der Waals surface area contributed by atoms with Gasteiger partial charge in [0.25, 0.3) is 5.91 Å². The largest absolute Gasteiger partial charge is 0.462 e. The van der Waals surface area contributed by atoms with E-state index in [4.69, 9.17) is 14.7 Å². The first-order valence-corrected chi connectivity index (χ1v) is 15.1. The van der Waals surface area contributed by atoms with E-state index in [9.17, 15) is 18.8 Å². The molecule has 3 aliphatic heterocycles. The third-order valence-corrected chi connectivity index (χ3v) is 9.50. The van der Waals surface area contributed by atoms with Crippen molar-refractivity contribution in [1.82, 2.24) is 19.8 Å². The molecule has 220 valence electrons. The van der Waals surface area contributed by atoms with Gasteiger partial charge in [0.05, 0.1) is 41.2 Å². The molecule has 3 aromatic rings. The minimum absolute atomic E-state index is 0.0648. The summed E-state index contributed by atoms with van der Waals surface area (Å²) in [5.74, 6) is -1.08. The molecule has 0 radical (unpaired) electrons. The number of fused-ring (bicyclic) bond motifs is 2. The summed E-state index contributed by atoms with van der Waals surface area (Å²) >= 11 is 1.14. The van der Waals surface area contributed by atoms with Crippen LogP contribution in [-0.4, -0.2) is 84.1 Å². The fourth-order valence-electron chi connectivity index (χ4n) is 6.30. The second-order valence-electron chi connectivity index (χ2n) is 11.1. The number of carbonyl (C=O) groups excluding carboxylic acids is 1. The number of likely N-dealkylation sites (tertiary alicyclic amines) is 1. The Morgan fingerprint density at radius 1 is 1.21 bits per heavy atom. The van der Waals surface area contributed by atoms with Crippen molar-refractivity contribution in [3.8, 4) is 12.1 Å². The molecule has 0 saturated carbocycles. The van der Waals surface area contributed by atoms with Gasteiger partial charge in [-0.25, -0.2) is 4.39 Å². The normalized spacial score (nSPS) is 21.0. The molecule has 2 atom stereocenters. The average Bonchev–Trinajstić information content (AvgIpc) is 3.58. The van der Waals surface area contributed by atoms with Crippen molar-refractivity contribution in [2.75, 3.05) is 56.2 Å². The van der Waals surface area contributed by atoms with Crippen LogP contribution in [0.15, 0.2) is 36.7 Å². The average molecular weight is 594 g/mol. The Bertz CT molecular complexity index is 1560. The maximum absolute atomic E-state index is 14.2. The van der Waals surface area contributed by atoms with Crippen molar-refractivity contribution in [3.63, 3.8) is 0 Å². The molecule has 2 aromatic heterocycles. The summed E-state index contributed by atoms with van der Waals surface area (Å²) in [4.78, 5) is 30.2. The fraction of sp³-hybridized carbons (Fsp3) is 0.467. The number of piperazine rings is 1. The molecule has 0 spiro atoms. The van der Waals surface area contributed by atoms with E-state index in [2.05, 4.69) is 34.4 Å². The maximum Gasteiger partial charge on any atom is 0.318 e. The number of hydrogen-bond acceptors (Lipinski definition) is 9. The van der Waals surface area contributed by atoms with Crippen LogP contribution in [0.2, 0.25) is 0 Å². The molecule has 6 rings (SSSR count). The first kappa shape index (κ1) is 28.3. The van der Waals surface area contributed by atoms with E-state index in [1.54, 1.807) is 6.07 Å². The number of anilines is 2. The van der Waals surface area contributed by atoms with Gasteiger partial charge in [-0.3, -0.25) is 4.79 Å². The van der Waals surface area contributed by atoms with Crippen molar-refractivity contribution in [3.05, 3.63) is 53.1 Å². The number of carbonyl (C=O) groups is 1. The number of likely N-dealkylation sites (N-methyl/N-ethyl adjacent to an activating group) is 1. The van der Waals surface area contributed by atoms with Gasteiger partial charge in [0, 0.05) is 37.8 Å². The highest BCUT2D eigenvalue weighted by Gasteiger charge is 2.35. The van der Waals surface area contributed by atoms with Crippen LogP contribution in [0.5, 0.6) is 6.01 Å². The molecule has 5 heterocycles. The van der Waals surface area contributed by atoms with Gasteiger partial charge in [-0.1, -0.05) is 18.7 Å². The monoisotopic (exact) mass is 593 g/mol. The Kier molecular flexibility index (Phi) is 7.96. The van der Waals surface area contributed by atoms with Gasteiger partial charge in [0.1, 0.15) is 12.4 Å². The second-order valence-corrected chi connectivity index (χ2v) is 12.1. The van der Waals surface area contributed by atoms with Gasteiger partial charge in [-0.05, 0) is 50.4 Å². The van der Waals surface area contributed by atoms with E-state index in [1.807, 2.05) is 18.2 Å². The summed E-state index contributed by atoms with van der Waals surface area (Å²) in [7, 11) is 2.09. The van der Waals surface area contributed by atoms with Crippen LogP contribution in [0.25, 0.3) is 10.1 Å². The summed E-state index contributed by atoms with van der Waals surface area (Å²) in [6, 6.07) is 9.66. The number of aromatic nitrogens is 2. The highest BCUT2D eigenvalue weighted by molar-refractivity contribution is 7.18. The highest BCUT2D eigenvalue weighted by Crippen LogP contribution is 2.37. The summed E-state index contributed by atoms with van der Waals surface area (Å²) in [5.41, 5.74) is 2.80. The third-order valence-electron chi connectivity index (χ3n) is 8.54. The van der Waals surface area contributed by atoms with Crippen molar-refractivity contribution in [2.24, 2.45) is 0 Å². The molecule has 2 saturated heterocycles. The molecule has 1 aromatic carbocycles. The van der Waals surface area contributed by atoms with Crippen LogP contribution in [0.4, 0.5) is 20.3 Å². The molecule has 3 aliphatic rings. The van der Waals surface area contributed by atoms with E-state index >= 15 is 0 Å². The number of ether oxygens (including phenoxy) is 1. The first-order valence-electron chi connectivity index (χ1n) is 14.3. The van der Waals surface area contributed by atoms with Crippen LogP contribution >= 0.6 is 11.3 Å². The topological polar surface area (TPSA) is 88.8 Å². The number of amides is 1. The van der Waals surface area contributed by atoms with Gasteiger partial charge in [0.15, 0.2) is 11.0 Å². The van der Waals surface area contributed by atoms with Gasteiger partial charge in [-0.2, -0.15) is 19.6 Å². The van der Waals surface area contributed by atoms with Gasteiger partial charge in [0.2, 0.25) is 0 Å². The SMILES string of the molecule is C=C(F)C(=O)N1CCN(c2nc(OC[C@@H]3CCCN3C)nc3c2CCN(c2cccc4cc(F)sc24)C3)C[C@@H]1CC#N. The zero-order chi connectivity index (χ0) is 29.4. The van der Waals surface area contributed by atoms with E-state index < -0.39 is 17.8 Å². The number of hydrogen-bond donors (Lipinski definition) is 0. The predicted octanol–water partition coefficient (Wildman–Crippen LogP) is 4.28. The lowest BCUT2D eigenvalue weighted by Crippen LogP contribution is -2.55. The van der Waals surface area contributed by atoms with Crippen LogP contribution in [-0.2, 0) is 17.8 Å². The summed E-state index contributed by atoms with van der Waals surface area (Å²) < 4.78 is 35.0. The van der Waals surface area contributed by atoms with Crippen molar-refractivity contribution in [1.29, 1.82) is 5.26 Å². The molecule has 42 heavy (non-hydrogen) atoms. The number of rotatable bonds is 7. The summed E-state index contributed by atoms with van der Waals surface area (Å²) in [6.07, 6.45) is 2.90. The van der Waals surface area contributed by atoms with Crippen LogP contribution in [0, 0.1) is 16.5 Å². The Labute approximate surface area is 247 Å². The molecular formula is C30H33F2N7O2S. The minimum Gasteiger partial charge on any atom is -0.462 e. The highest BCUT2D eigenvalue weighted by atomic mass is 32.1. The molecule has 12 heteroatoms. The molecule has 1 amide bonds. The molecule has 2 fully saturated rings. The number of benzene rings is 1. The van der Waals surface area contributed by atoms with Crippen LogP contribution in [0.3, 0.4) is 0 Å². The molecule has 0 bridgehead atoms. The van der Waals surface area contributed by atoms with Gasteiger partial charge < -0.3 is 24.3 Å². The molecule has 0 N–H and O–H groups in total. The Morgan fingerprint density at radius 3 is 2.83 bits per heavy atom. The van der Waals surface area contributed by atoms with Crippen molar-refractivity contribution >= 4 is 38.8 Å². The lowest BCUT2D eigenvalue weighted by molar-refractivity contribution is -0.131. The predicted molar refractivity (Wildman–Crippen MR) is 158 cm³/mol. The molecule has 0 unspecified atom stereocenters. The second kappa shape index (κ2) is 11.8. The fourth-order valence-corrected chi connectivity index (χ4v) is 7.22. The number of thiophene rings is 1. The van der Waals surface area contributed by atoms with Gasteiger partial charge in [-0.15, -0.1) is 11.3 Å². The van der Waals surface area contributed by atoms with Crippen LogP contribution in [0.1, 0.15) is 30.5 Å². The smallest absolute Gasteiger partial charge is 0.318 e. The number of halogens is 2. The van der Waals surface area contributed by atoms with Crippen molar-refractivity contribution < 1.29 is 18.3 Å². The number of nitriles is 1. The number of nitrogens with zero attached hydrogens (tertiary/aromatic N) is 7. The lowest BCUT2D eigenvalue weighted by Gasteiger charge is -2.42. The first-order chi connectivity index (χ1) is 20.3. The Hall–Kier alpha value is -3.82. The molecular weight excluding hydrogens is 560 g/mol. The summed E-state index contributed by atoms with van der Waals surface area (Å²) in [5, 5.41) is 10.1. The molecule has 0 aliphatic carbocycles. The van der Waals surface area contributed by atoms with E-state index in [0.717, 1.165) is 63.6 Å². The van der Waals surface area contributed by atoms with E-state index in [-0.39, 0.29) is 18.1 Å². The zero-order valence-corrected chi connectivity index (χ0v) is 24.4.